The number of hydrogen-bond acceptors (Lipinski definition) is 6. The zero-order chi connectivity index (χ0) is 36.1. The van der Waals surface area contributed by atoms with Gasteiger partial charge < -0.3 is 32.1 Å². The Morgan fingerprint density at radius 1 is 0.776 bits per heavy atom. The Bertz CT molecular complexity index is 1570. The fourth-order valence-electron chi connectivity index (χ4n) is 4.91. The van der Waals surface area contributed by atoms with E-state index in [-0.39, 0.29) is 6.42 Å². The standard InChI is InChI=1S/C35H40F3N5O6/c1-21(2)30(43-32(47)25-15-13-24(14-16-25)23-11-7-4-8-12-23)34(49)42-27(19-22-9-5-3-6-10-22)33(48)40-20-29(45)41-26(17-18-28(39)44)31(46)35(36,37)38/h3-16,21,26-27,30-31,46H,17-20H2,1-2H3,(H2,39,44)(H,40,48)(H,41,45)(H,42,49)(H,43,47)/t26?,27-,30?,31?/m0/s1. The summed E-state index contributed by atoms with van der Waals surface area (Å²) in [6, 6.07) is 20.8. The van der Waals surface area contributed by atoms with Crippen LogP contribution in [0.25, 0.3) is 11.1 Å². The number of halogens is 3. The zero-order valence-electron chi connectivity index (χ0n) is 27.0. The number of rotatable bonds is 16. The average Bonchev–Trinajstić information content (AvgIpc) is 3.07. The van der Waals surface area contributed by atoms with Gasteiger partial charge in [0.05, 0.1) is 12.6 Å². The molecule has 4 atom stereocenters. The van der Waals surface area contributed by atoms with Gasteiger partial charge in [0.2, 0.25) is 23.6 Å². The Hall–Kier alpha value is -5.24. The van der Waals surface area contributed by atoms with Crippen molar-refractivity contribution in [3.63, 3.8) is 0 Å². The smallest absolute Gasteiger partial charge is 0.382 e. The van der Waals surface area contributed by atoms with Crippen molar-refractivity contribution >= 4 is 29.5 Å². The Morgan fingerprint density at radius 2 is 1.35 bits per heavy atom. The molecule has 0 aliphatic rings. The molecule has 0 aliphatic heterocycles. The number of benzene rings is 3. The Kier molecular flexibility index (Phi) is 13.9. The molecular formula is C35H40F3N5O6. The minimum Gasteiger partial charge on any atom is -0.382 e. The SMILES string of the molecule is CC(C)C(NC(=O)c1ccc(-c2ccccc2)cc1)C(=O)N[C@@H](Cc1ccccc1)C(=O)NCC(=O)NC(CCC(N)=O)C(O)C(F)(F)F. The van der Waals surface area contributed by atoms with Crippen molar-refractivity contribution in [1.29, 1.82) is 0 Å². The van der Waals surface area contributed by atoms with Gasteiger partial charge in [-0.3, -0.25) is 24.0 Å². The second kappa shape index (κ2) is 17.8. The maximum atomic E-state index is 13.5. The summed E-state index contributed by atoms with van der Waals surface area (Å²) in [5, 5.41) is 19.3. The molecule has 3 aromatic rings. The van der Waals surface area contributed by atoms with E-state index in [4.69, 9.17) is 5.73 Å². The lowest BCUT2D eigenvalue weighted by atomic mass is 10.00. The number of amides is 5. The molecule has 0 heterocycles. The van der Waals surface area contributed by atoms with Crippen molar-refractivity contribution in [2.75, 3.05) is 6.54 Å². The first-order chi connectivity index (χ1) is 23.1. The topological polar surface area (TPSA) is 180 Å². The first-order valence-electron chi connectivity index (χ1n) is 15.6. The van der Waals surface area contributed by atoms with Crippen molar-refractivity contribution < 1.29 is 42.3 Å². The summed E-state index contributed by atoms with van der Waals surface area (Å²) < 4.78 is 39.4. The lowest BCUT2D eigenvalue weighted by Gasteiger charge is -2.26. The van der Waals surface area contributed by atoms with E-state index in [1.165, 1.54) is 0 Å². The van der Waals surface area contributed by atoms with Gasteiger partial charge in [-0.25, -0.2) is 0 Å². The van der Waals surface area contributed by atoms with Crippen LogP contribution in [-0.2, 0) is 25.6 Å². The van der Waals surface area contributed by atoms with Gasteiger partial charge in [-0.05, 0) is 41.2 Å². The molecule has 49 heavy (non-hydrogen) atoms. The van der Waals surface area contributed by atoms with Crippen LogP contribution >= 0.6 is 0 Å². The van der Waals surface area contributed by atoms with Crippen LogP contribution in [0.2, 0.25) is 0 Å². The second-order valence-electron chi connectivity index (χ2n) is 11.8. The number of carbonyl (C=O) groups excluding carboxylic acids is 5. The van der Waals surface area contributed by atoms with Gasteiger partial charge in [0.1, 0.15) is 12.1 Å². The van der Waals surface area contributed by atoms with E-state index in [1.54, 1.807) is 68.4 Å². The summed E-state index contributed by atoms with van der Waals surface area (Å²) in [7, 11) is 0. The summed E-state index contributed by atoms with van der Waals surface area (Å²) in [6.07, 6.45) is -9.24. The van der Waals surface area contributed by atoms with Gasteiger partial charge in [0.15, 0.2) is 6.10 Å². The van der Waals surface area contributed by atoms with Gasteiger partial charge in [-0.2, -0.15) is 13.2 Å². The van der Waals surface area contributed by atoms with Crippen molar-refractivity contribution in [3.05, 3.63) is 96.1 Å². The molecule has 0 fully saturated rings. The lowest BCUT2D eigenvalue weighted by Crippen LogP contribution is -2.57. The molecule has 11 nitrogen and oxygen atoms in total. The largest absolute Gasteiger partial charge is 0.416 e. The molecule has 0 saturated heterocycles. The summed E-state index contributed by atoms with van der Waals surface area (Å²) in [5.74, 6) is -4.44. The highest BCUT2D eigenvalue weighted by molar-refractivity contribution is 5.99. The van der Waals surface area contributed by atoms with Gasteiger partial charge in [-0.1, -0.05) is 86.6 Å². The predicted octanol–water partition coefficient (Wildman–Crippen LogP) is 2.63. The van der Waals surface area contributed by atoms with Crippen molar-refractivity contribution in [1.82, 2.24) is 21.3 Å². The monoisotopic (exact) mass is 683 g/mol. The van der Waals surface area contributed by atoms with E-state index in [0.29, 0.717) is 11.1 Å². The zero-order valence-corrected chi connectivity index (χ0v) is 27.0. The molecule has 262 valence electrons. The molecule has 0 spiro atoms. The number of hydrogen-bond donors (Lipinski definition) is 6. The maximum absolute atomic E-state index is 13.5. The van der Waals surface area contributed by atoms with Crippen LogP contribution in [0.4, 0.5) is 13.2 Å². The summed E-state index contributed by atoms with van der Waals surface area (Å²) in [6.45, 7) is 2.62. The third kappa shape index (κ3) is 12.1. The third-order valence-corrected chi connectivity index (χ3v) is 7.59. The minimum atomic E-state index is -5.10. The fourth-order valence-corrected chi connectivity index (χ4v) is 4.91. The predicted molar refractivity (Wildman–Crippen MR) is 175 cm³/mol. The summed E-state index contributed by atoms with van der Waals surface area (Å²) in [4.78, 5) is 63.6. The first-order valence-corrected chi connectivity index (χ1v) is 15.6. The van der Waals surface area contributed by atoms with Gasteiger partial charge >= 0.3 is 6.18 Å². The number of aliphatic hydroxyl groups excluding tert-OH is 1. The highest BCUT2D eigenvalue weighted by atomic mass is 19.4. The van der Waals surface area contributed by atoms with E-state index >= 15 is 0 Å². The Labute approximate surface area is 281 Å². The molecule has 0 aliphatic carbocycles. The molecule has 3 aromatic carbocycles. The number of alkyl halides is 3. The fraction of sp³-hybridized carbons (Fsp3) is 0.343. The van der Waals surface area contributed by atoms with Crippen LogP contribution in [0.15, 0.2) is 84.9 Å². The number of nitrogens with one attached hydrogen (secondary N) is 4. The van der Waals surface area contributed by atoms with Crippen LogP contribution in [0.1, 0.15) is 42.6 Å². The average molecular weight is 684 g/mol. The molecule has 5 amide bonds. The number of aliphatic hydroxyl groups is 1. The van der Waals surface area contributed by atoms with Crippen LogP contribution in [-0.4, -0.2) is 71.6 Å². The van der Waals surface area contributed by atoms with Crippen molar-refractivity contribution in [2.24, 2.45) is 11.7 Å². The lowest BCUT2D eigenvalue weighted by molar-refractivity contribution is -0.212. The molecule has 3 rings (SSSR count). The Balaban J connectivity index is 1.70. The van der Waals surface area contributed by atoms with E-state index in [9.17, 15) is 42.3 Å². The van der Waals surface area contributed by atoms with Gasteiger partial charge in [0.25, 0.3) is 5.91 Å². The normalized spacial score (nSPS) is 13.8. The molecule has 3 unspecified atom stereocenters. The third-order valence-electron chi connectivity index (χ3n) is 7.59. The number of primary amides is 1. The number of carbonyl (C=O) groups is 5. The second-order valence-corrected chi connectivity index (χ2v) is 11.8. The molecule has 0 bridgehead atoms. The maximum Gasteiger partial charge on any atom is 0.416 e. The molecule has 0 radical (unpaired) electrons. The van der Waals surface area contributed by atoms with Crippen LogP contribution in [0.3, 0.4) is 0 Å². The van der Waals surface area contributed by atoms with E-state index in [0.717, 1.165) is 11.1 Å². The number of nitrogens with two attached hydrogens (primary N) is 1. The van der Waals surface area contributed by atoms with Crippen molar-refractivity contribution in [2.45, 2.75) is 63.5 Å². The van der Waals surface area contributed by atoms with E-state index in [2.05, 4.69) is 16.0 Å². The molecule has 0 saturated carbocycles. The Morgan fingerprint density at radius 3 is 1.90 bits per heavy atom. The highest BCUT2D eigenvalue weighted by Gasteiger charge is 2.44. The van der Waals surface area contributed by atoms with Crippen LogP contribution in [0.5, 0.6) is 0 Å². The molecular weight excluding hydrogens is 643 g/mol. The van der Waals surface area contributed by atoms with Gasteiger partial charge in [-0.15, -0.1) is 0 Å². The van der Waals surface area contributed by atoms with Crippen molar-refractivity contribution in [3.8, 4) is 11.1 Å². The van der Waals surface area contributed by atoms with E-state index in [1.807, 2.05) is 35.6 Å². The molecule has 0 aromatic heterocycles. The highest BCUT2D eigenvalue weighted by Crippen LogP contribution is 2.24. The van der Waals surface area contributed by atoms with Crippen LogP contribution < -0.4 is 27.0 Å². The first kappa shape index (κ1) is 38.2. The minimum absolute atomic E-state index is 0.0201. The van der Waals surface area contributed by atoms with E-state index < -0.39 is 85.2 Å². The van der Waals surface area contributed by atoms with Gasteiger partial charge in [0, 0.05) is 18.4 Å². The molecule has 14 heteroatoms. The summed E-state index contributed by atoms with van der Waals surface area (Å²) in [5.41, 5.74) is 7.84. The van der Waals surface area contributed by atoms with Crippen LogP contribution in [0, 0.1) is 5.92 Å². The quantitative estimate of drug-likeness (QED) is 0.135. The summed E-state index contributed by atoms with van der Waals surface area (Å²) >= 11 is 0. The molecule has 7 N–H and O–H groups in total.